The van der Waals surface area contributed by atoms with E-state index in [0.29, 0.717) is 38.6 Å². The third-order valence-electron chi connectivity index (χ3n) is 4.73. The van der Waals surface area contributed by atoms with Gasteiger partial charge in [0.2, 0.25) is 0 Å². The fraction of sp³-hybridized carbons (Fsp3) is 0.0455. The zero-order valence-electron chi connectivity index (χ0n) is 16.4. The smallest absolute Gasteiger partial charge is 0.266 e. The van der Waals surface area contributed by atoms with Crippen LogP contribution in [0.15, 0.2) is 59.4 Å². The number of halogens is 3. The molecular formula is C22H14Cl2FN3O3S. The SMILES string of the molecule is COc1ccc(NC(=O)c2ccc3c(=O)n(-c4ccc(F)c(Cl)c4)c(=S)[nH]c3c2)cc1Cl. The molecule has 1 amide bonds. The molecule has 0 unspecified atom stereocenters. The van der Waals surface area contributed by atoms with Crippen molar-refractivity contribution in [3.05, 3.63) is 91.1 Å². The number of hydrogen-bond acceptors (Lipinski definition) is 4. The lowest BCUT2D eigenvalue weighted by Gasteiger charge is -2.11. The lowest BCUT2D eigenvalue weighted by Crippen LogP contribution is -2.21. The predicted molar refractivity (Wildman–Crippen MR) is 126 cm³/mol. The quantitative estimate of drug-likeness (QED) is 0.357. The Labute approximate surface area is 196 Å². The van der Waals surface area contributed by atoms with E-state index in [-0.39, 0.29) is 9.79 Å². The lowest BCUT2D eigenvalue weighted by molar-refractivity contribution is 0.102. The third-order valence-corrected chi connectivity index (χ3v) is 5.60. The number of methoxy groups -OCH3 is 1. The highest BCUT2D eigenvalue weighted by Gasteiger charge is 2.13. The first kappa shape index (κ1) is 22.0. The van der Waals surface area contributed by atoms with E-state index in [1.807, 2.05) is 0 Å². The van der Waals surface area contributed by atoms with Crippen LogP contribution < -0.4 is 15.6 Å². The second-order valence-electron chi connectivity index (χ2n) is 6.73. The monoisotopic (exact) mass is 489 g/mol. The molecule has 10 heteroatoms. The molecule has 162 valence electrons. The number of aromatic amines is 1. The Morgan fingerprint density at radius 2 is 1.88 bits per heavy atom. The molecule has 1 heterocycles. The number of benzene rings is 3. The maximum Gasteiger partial charge on any atom is 0.266 e. The minimum absolute atomic E-state index is 0.0738. The Bertz CT molecular complexity index is 1500. The van der Waals surface area contributed by atoms with Crippen LogP contribution in [0.2, 0.25) is 10.0 Å². The largest absolute Gasteiger partial charge is 0.495 e. The number of aromatic nitrogens is 2. The Morgan fingerprint density at radius 3 is 2.56 bits per heavy atom. The van der Waals surface area contributed by atoms with E-state index in [9.17, 15) is 14.0 Å². The van der Waals surface area contributed by atoms with Gasteiger partial charge in [-0.3, -0.25) is 14.2 Å². The number of carbonyl (C=O) groups is 1. The number of nitrogens with one attached hydrogen (secondary N) is 2. The molecule has 0 spiro atoms. The summed E-state index contributed by atoms with van der Waals surface area (Å²) in [6.07, 6.45) is 0. The topological polar surface area (TPSA) is 76.1 Å². The molecule has 2 N–H and O–H groups in total. The van der Waals surface area contributed by atoms with Crippen molar-refractivity contribution in [2.24, 2.45) is 0 Å². The van der Waals surface area contributed by atoms with Crippen LogP contribution in [-0.2, 0) is 0 Å². The van der Waals surface area contributed by atoms with Gasteiger partial charge >= 0.3 is 0 Å². The Balaban J connectivity index is 1.71. The molecule has 0 aliphatic rings. The molecular weight excluding hydrogens is 476 g/mol. The normalized spacial score (nSPS) is 10.9. The van der Waals surface area contributed by atoms with E-state index in [1.165, 1.54) is 42.0 Å². The van der Waals surface area contributed by atoms with Crippen LogP contribution in [0.5, 0.6) is 5.75 Å². The summed E-state index contributed by atoms with van der Waals surface area (Å²) in [6, 6.07) is 13.3. The van der Waals surface area contributed by atoms with Crippen molar-refractivity contribution in [3.63, 3.8) is 0 Å². The summed E-state index contributed by atoms with van der Waals surface area (Å²) in [7, 11) is 1.50. The molecule has 0 aliphatic carbocycles. The van der Waals surface area contributed by atoms with Crippen LogP contribution >= 0.6 is 35.4 Å². The van der Waals surface area contributed by atoms with E-state index in [1.54, 1.807) is 18.2 Å². The number of amides is 1. The Kier molecular flexibility index (Phi) is 6.01. The number of carbonyl (C=O) groups excluding carboxylic acids is 1. The minimum atomic E-state index is -0.604. The van der Waals surface area contributed by atoms with Gasteiger partial charge in [0, 0.05) is 11.3 Å². The van der Waals surface area contributed by atoms with Gasteiger partial charge in [-0.05, 0) is 66.8 Å². The molecule has 0 bridgehead atoms. The number of hydrogen-bond donors (Lipinski definition) is 2. The number of rotatable bonds is 4. The number of ether oxygens (including phenoxy) is 1. The molecule has 4 rings (SSSR count). The van der Waals surface area contributed by atoms with Crippen molar-refractivity contribution in [1.82, 2.24) is 9.55 Å². The van der Waals surface area contributed by atoms with Crippen molar-refractivity contribution >= 4 is 57.9 Å². The molecule has 6 nitrogen and oxygen atoms in total. The summed E-state index contributed by atoms with van der Waals surface area (Å²) in [5, 5.41) is 3.26. The van der Waals surface area contributed by atoms with Gasteiger partial charge in [-0.25, -0.2) is 4.39 Å². The van der Waals surface area contributed by atoms with Crippen molar-refractivity contribution < 1.29 is 13.9 Å². The van der Waals surface area contributed by atoms with Gasteiger partial charge in [0.1, 0.15) is 11.6 Å². The molecule has 32 heavy (non-hydrogen) atoms. The second kappa shape index (κ2) is 8.74. The summed E-state index contributed by atoms with van der Waals surface area (Å²) in [5.41, 5.74) is 1.06. The summed E-state index contributed by atoms with van der Waals surface area (Å²) in [5.74, 6) is -0.517. The number of anilines is 1. The Morgan fingerprint density at radius 1 is 1.09 bits per heavy atom. The van der Waals surface area contributed by atoms with E-state index in [4.69, 9.17) is 40.2 Å². The molecule has 0 atom stereocenters. The fourth-order valence-electron chi connectivity index (χ4n) is 3.17. The van der Waals surface area contributed by atoms with E-state index in [0.717, 1.165) is 6.07 Å². The van der Waals surface area contributed by atoms with Crippen LogP contribution in [0.4, 0.5) is 10.1 Å². The molecule has 0 saturated heterocycles. The first-order chi connectivity index (χ1) is 15.3. The number of nitrogens with zero attached hydrogens (tertiary/aromatic N) is 1. The minimum Gasteiger partial charge on any atom is -0.495 e. The molecule has 4 aromatic rings. The van der Waals surface area contributed by atoms with Crippen molar-refractivity contribution in [3.8, 4) is 11.4 Å². The van der Waals surface area contributed by atoms with Crippen LogP contribution in [0.3, 0.4) is 0 Å². The van der Waals surface area contributed by atoms with Gasteiger partial charge in [0.25, 0.3) is 11.5 Å². The number of H-pyrrole nitrogens is 1. The van der Waals surface area contributed by atoms with E-state index >= 15 is 0 Å². The summed E-state index contributed by atoms with van der Waals surface area (Å²) < 4.78 is 19.9. The highest BCUT2D eigenvalue weighted by molar-refractivity contribution is 7.71. The van der Waals surface area contributed by atoms with Crippen molar-refractivity contribution in [1.29, 1.82) is 0 Å². The molecule has 0 fully saturated rings. The maximum atomic E-state index is 13.5. The highest BCUT2D eigenvalue weighted by atomic mass is 35.5. The van der Waals surface area contributed by atoms with Crippen LogP contribution in [-0.4, -0.2) is 22.6 Å². The average molecular weight is 490 g/mol. The summed E-state index contributed by atoms with van der Waals surface area (Å²) in [4.78, 5) is 28.7. The maximum absolute atomic E-state index is 13.5. The average Bonchev–Trinajstić information content (AvgIpc) is 2.76. The van der Waals surface area contributed by atoms with Crippen LogP contribution in [0.1, 0.15) is 10.4 Å². The van der Waals surface area contributed by atoms with E-state index < -0.39 is 17.3 Å². The highest BCUT2D eigenvalue weighted by Crippen LogP contribution is 2.27. The van der Waals surface area contributed by atoms with Gasteiger partial charge in [-0.2, -0.15) is 0 Å². The molecule has 1 aromatic heterocycles. The predicted octanol–water partition coefficient (Wildman–Crippen LogP) is 5.76. The Hall–Kier alpha value is -3.20. The van der Waals surface area contributed by atoms with Crippen LogP contribution in [0.25, 0.3) is 16.6 Å². The van der Waals surface area contributed by atoms with Crippen molar-refractivity contribution in [2.45, 2.75) is 0 Å². The van der Waals surface area contributed by atoms with Gasteiger partial charge < -0.3 is 15.0 Å². The zero-order valence-corrected chi connectivity index (χ0v) is 18.7. The van der Waals surface area contributed by atoms with Gasteiger partial charge in [0.05, 0.1) is 33.7 Å². The molecule has 0 saturated carbocycles. The first-order valence-electron chi connectivity index (χ1n) is 9.18. The van der Waals surface area contributed by atoms with Crippen LogP contribution in [0, 0.1) is 10.6 Å². The fourth-order valence-corrected chi connectivity index (χ4v) is 3.90. The molecule has 0 aliphatic heterocycles. The van der Waals surface area contributed by atoms with E-state index in [2.05, 4.69) is 10.3 Å². The van der Waals surface area contributed by atoms with Crippen molar-refractivity contribution in [2.75, 3.05) is 12.4 Å². The third kappa shape index (κ3) is 4.12. The lowest BCUT2D eigenvalue weighted by atomic mass is 10.1. The van der Waals surface area contributed by atoms with Gasteiger partial charge in [0.15, 0.2) is 4.77 Å². The molecule has 3 aromatic carbocycles. The first-order valence-corrected chi connectivity index (χ1v) is 10.3. The molecule has 0 radical (unpaired) electrons. The van der Waals surface area contributed by atoms with Gasteiger partial charge in [-0.15, -0.1) is 0 Å². The number of fused-ring (bicyclic) bond motifs is 1. The van der Waals surface area contributed by atoms with Gasteiger partial charge in [-0.1, -0.05) is 23.2 Å². The zero-order chi connectivity index (χ0) is 23.0. The summed E-state index contributed by atoms with van der Waals surface area (Å²) in [6.45, 7) is 0. The second-order valence-corrected chi connectivity index (χ2v) is 7.93. The standard InChI is InChI=1S/C22H14Cl2FN3O3S/c1-31-19-7-3-12(9-16(19)24)26-20(29)11-2-5-14-18(8-11)27-22(32)28(21(14)30)13-4-6-17(25)15(23)10-13/h2-10H,1H3,(H,26,29)(H,27,32). The summed E-state index contributed by atoms with van der Waals surface area (Å²) >= 11 is 17.3.